The standard InChI is InChI=1S/C18H13.C7H7.C2H6.Pt/c1-3-8-15(9-4-1)17-12-7-13-18(14-17)16-10-5-2-6-11-16;1-7-5-3-2-4-6-7;1-2;/h1-13H;2-6H,1H2;1-2H3;/q2*-1;;+2. The summed E-state index contributed by atoms with van der Waals surface area (Å²) in [7, 11) is 0. The second-order valence-electron chi connectivity index (χ2n) is 5.70. The van der Waals surface area contributed by atoms with Gasteiger partial charge in [-0.05, 0) is 0 Å². The van der Waals surface area contributed by atoms with E-state index in [1.54, 1.807) is 0 Å². The van der Waals surface area contributed by atoms with E-state index < -0.39 is 0 Å². The van der Waals surface area contributed by atoms with Crippen molar-refractivity contribution in [1.82, 2.24) is 0 Å². The molecule has 0 heterocycles. The Bertz CT molecular complexity index is 830. The SMILES string of the molecule is CC.[CH2-]c1ccccc1.[Pt+2].[c-]1c(-c2ccccc2)cccc1-c1ccccc1. The van der Waals surface area contributed by atoms with E-state index in [2.05, 4.69) is 79.7 Å². The minimum absolute atomic E-state index is 0. The molecule has 144 valence electrons. The summed E-state index contributed by atoms with van der Waals surface area (Å²) in [6, 6.07) is 40.4. The summed E-state index contributed by atoms with van der Waals surface area (Å²) >= 11 is 0. The Balaban J connectivity index is 0.000000332. The Morgan fingerprint density at radius 3 is 1.18 bits per heavy atom. The van der Waals surface area contributed by atoms with Crippen LogP contribution in [0.2, 0.25) is 0 Å². The van der Waals surface area contributed by atoms with Crippen LogP contribution >= 0.6 is 0 Å². The normalized spacial score (nSPS) is 8.93. The molecule has 0 unspecified atom stereocenters. The van der Waals surface area contributed by atoms with Gasteiger partial charge in [-0.1, -0.05) is 91.7 Å². The van der Waals surface area contributed by atoms with Gasteiger partial charge in [-0.3, -0.25) is 0 Å². The topological polar surface area (TPSA) is 0 Å². The van der Waals surface area contributed by atoms with Crippen LogP contribution in [0.4, 0.5) is 0 Å². The van der Waals surface area contributed by atoms with Gasteiger partial charge in [0.2, 0.25) is 0 Å². The van der Waals surface area contributed by atoms with Crippen LogP contribution in [0.5, 0.6) is 0 Å². The van der Waals surface area contributed by atoms with Gasteiger partial charge in [0.05, 0.1) is 0 Å². The predicted molar refractivity (Wildman–Crippen MR) is 118 cm³/mol. The van der Waals surface area contributed by atoms with Crippen molar-refractivity contribution >= 4 is 0 Å². The monoisotopic (exact) mass is 545 g/mol. The molecular weight excluding hydrogens is 519 g/mol. The molecule has 0 aliphatic carbocycles. The smallest absolute Gasteiger partial charge is 0.199 e. The number of benzene rings is 4. The minimum Gasteiger partial charge on any atom is -0.199 e. The molecule has 4 aromatic rings. The van der Waals surface area contributed by atoms with Crippen LogP contribution in [0.15, 0.2) is 109 Å². The quantitative estimate of drug-likeness (QED) is 0.226. The second-order valence-corrected chi connectivity index (χ2v) is 5.70. The molecule has 0 N–H and O–H groups in total. The molecule has 28 heavy (non-hydrogen) atoms. The first-order valence-electron chi connectivity index (χ1n) is 9.33. The minimum atomic E-state index is 0. The maximum atomic E-state index is 3.72. The number of rotatable bonds is 2. The van der Waals surface area contributed by atoms with Crippen molar-refractivity contribution < 1.29 is 21.1 Å². The second kappa shape index (κ2) is 13.6. The van der Waals surface area contributed by atoms with E-state index in [1.165, 1.54) is 11.1 Å². The molecule has 0 bridgehead atoms. The van der Waals surface area contributed by atoms with Gasteiger partial charge in [0.1, 0.15) is 0 Å². The molecule has 0 fully saturated rings. The molecule has 0 aliphatic rings. The molecule has 4 rings (SSSR count). The molecule has 0 aromatic heterocycles. The summed E-state index contributed by atoms with van der Waals surface area (Å²) in [5.74, 6) is 0. The van der Waals surface area contributed by atoms with Crippen molar-refractivity contribution in [3.8, 4) is 22.3 Å². The van der Waals surface area contributed by atoms with E-state index in [-0.39, 0.29) is 21.1 Å². The first-order valence-corrected chi connectivity index (χ1v) is 9.33. The predicted octanol–water partition coefficient (Wildman–Crippen LogP) is 7.71. The fourth-order valence-corrected chi connectivity index (χ4v) is 2.52. The third kappa shape index (κ3) is 7.59. The molecule has 4 aromatic carbocycles. The Hall–Kier alpha value is -2.56. The molecule has 0 amide bonds. The summed E-state index contributed by atoms with van der Waals surface area (Å²) in [6.07, 6.45) is 0. The van der Waals surface area contributed by atoms with Crippen LogP contribution in [0, 0.1) is 13.0 Å². The maximum absolute atomic E-state index is 3.72. The maximum Gasteiger partial charge on any atom is 2.00 e. The van der Waals surface area contributed by atoms with Crippen molar-refractivity contribution in [2.75, 3.05) is 0 Å². The summed E-state index contributed by atoms with van der Waals surface area (Å²) in [5.41, 5.74) is 5.75. The summed E-state index contributed by atoms with van der Waals surface area (Å²) < 4.78 is 0. The molecule has 0 nitrogen and oxygen atoms in total. The zero-order valence-electron chi connectivity index (χ0n) is 16.4. The van der Waals surface area contributed by atoms with Gasteiger partial charge in [0, 0.05) is 0 Å². The van der Waals surface area contributed by atoms with Gasteiger partial charge in [-0.2, -0.15) is 24.6 Å². The first-order chi connectivity index (χ1) is 13.3. The third-order valence-electron chi connectivity index (χ3n) is 3.81. The molecule has 0 saturated heterocycles. The fourth-order valence-electron chi connectivity index (χ4n) is 2.52. The Morgan fingerprint density at radius 1 is 0.500 bits per heavy atom. The zero-order chi connectivity index (χ0) is 19.3. The summed E-state index contributed by atoms with van der Waals surface area (Å²) in [4.78, 5) is 0. The van der Waals surface area contributed by atoms with Gasteiger partial charge < -0.3 is 0 Å². The van der Waals surface area contributed by atoms with Crippen molar-refractivity contribution in [2.24, 2.45) is 0 Å². The molecule has 0 aliphatic heterocycles. The van der Waals surface area contributed by atoms with E-state index >= 15 is 0 Å². The van der Waals surface area contributed by atoms with Crippen LogP contribution in [-0.2, 0) is 21.1 Å². The van der Waals surface area contributed by atoms with Crippen molar-refractivity contribution in [1.29, 1.82) is 0 Å². The molecule has 1 heteroatoms. The van der Waals surface area contributed by atoms with Gasteiger partial charge in [-0.25, -0.2) is 0 Å². The van der Waals surface area contributed by atoms with E-state index in [0.29, 0.717) is 0 Å². The van der Waals surface area contributed by atoms with Crippen LogP contribution in [0.3, 0.4) is 0 Å². The Morgan fingerprint density at radius 2 is 0.857 bits per heavy atom. The third-order valence-corrected chi connectivity index (χ3v) is 3.81. The largest absolute Gasteiger partial charge is 2.00 e. The Kier molecular flexibility index (Phi) is 11.4. The van der Waals surface area contributed by atoms with E-state index in [9.17, 15) is 0 Å². The van der Waals surface area contributed by atoms with Crippen molar-refractivity contribution in [2.45, 2.75) is 13.8 Å². The summed E-state index contributed by atoms with van der Waals surface area (Å²) in [5, 5.41) is 0. The van der Waals surface area contributed by atoms with Crippen molar-refractivity contribution in [3.05, 3.63) is 128 Å². The average Bonchev–Trinajstić information content (AvgIpc) is 2.77. The first kappa shape index (κ1) is 23.5. The number of hydrogen-bond acceptors (Lipinski definition) is 0. The van der Waals surface area contributed by atoms with E-state index in [4.69, 9.17) is 0 Å². The van der Waals surface area contributed by atoms with Crippen LogP contribution < -0.4 is 0 Å². The zero-order valence-corrected chi connectivity index (χ0v) is 18.7. The van der Waals surface area contributed by atoms with Crippen LogP contribution in [0.1, 0.15) is 19.4 Å². The average molecular weight is 546 g/mol. The Labute approximate surface area is 184 Å². The van der Waals surface area contributed by atoms with Crippen molar-refractivity contribution in [3.63, 3.8) is 0 Å². The summed E-state index contributed by atoms with van der Waals surface area (Å²) in [6.45, 7) is 7.72. The molecule has 0 saturated carbocycles. The molecule has 0 spiro atoms. The number of hydrogen-bond donors (Lipinski definition) is 0. The van der Waals surface area contributed by atoms with Gasteiger partial charge in [0.25, 0.3) is 0 Å². The molecule has 0 atom stereocenters. The molecule has 0 radical (unpaired) electrons. The van der Waals surface area contributed by atoms with Crippen LogP contribution in [0.25, 0.3) is 22.3 Å². The van der Waals surface area contributed by atoms with Crippen LogP contribution in [-0.4, -0.2) is 0 Å². The van der Waals surface area contributed by atoms with Gasteiger partial charge in [0.15, 0.2) is 0 Å². The molecular formula is C27H26Pt. The fraction of sp³-hybridized carbons (Fsp3) is 0.0741. The van der Waals surface area contributed by atoms with E-state index in [0.717, 1.165) is 16.7 Å². The van der Waals surface area contributed by atoms with E-state index in [1.807, 2.05) is 56.3 Å². The van der Waals surface area contributed by atoms with Gasteiger partial charge in [-0.15, -0.1) is 47.5 Å². The van der Waals surface area contributed by atoms with Gasteiger partial charge >= 0.3 is 21.1 Å².